The summed E-state index contributed by atoms with van der Waals surface area (Å²) >= 11 is 0. The highest BCUT2D eigenvalue weighted by molar-refractivity contribution is 6.23. The number of hydrogen-bond acceptors (Lipinski definition) is 4. The van der Waals surface area contributed by atoms with Crippen LogP contribution in [0.25, 0.3) is 106 Å². The lowest BCUT2D eigenvalue weighted by Crippen LogP contribution is -2.07. The summed E-state index contributed by atoms with van der Waals surface area (Å²) in [6.45, 7) is 0. The molecule has 0 atom stereocenters. The third kappa shape index (κ3) is 4.72. The number of pyridine rings is 1. The fourth-order valence-corrected chi connectivity index (χ4v) is 8.70. The van der Waals surface area contributed by atoms with E-state index in [9.17, 15) is 0 Å². The number of para-hydroxylation sites is 4. The van der Waals surface area contributed by atoms with Gasteiger partial charge in [0.15, 0.2) is 11.6 Å². The Kier molecular flexibility index (Phi) is 6.79. The minimum absolute atomic E-state index is 0.543. The smallest absolute Gasteiger partial charge is 0.238 e. The molecule has 12 rings (SSSR count). The SMILES string of the molecule is c1ccc(-c2nc(-c3ccc(-n4c5ccccc5c5ccccc54)cc3)nc(-n3c4ccccc4c4ccc5c6ccccc6n(-c6ccccn6)c5c43)n2)cc1. The van der Waals surface area contributed by atoms with Gasteiger partial charge in [0, 0.05) is 55.3 Å². The first-order chi connectivity index (χ1) is 28.3. The van der Waals surface area contributed by atoms with Crippen LogP contribution in [-0.4, -0.2) is 33.6 Å². The Morgan fingerprint density at radius 1 is 0.316 bits per heavy atom. The zero-order chi connectivity index (χ0) is 37.5. The van der Waals surface area contributed by atoms with E-state index in [0.717, 1.165) is 66.2 Å². The van der Waals surface area contributed by atoms with Gasteiger partial charge in [0.25, 0.3) is 0 Å². The van der Waals surface area contributed by atoms with E-state index >= 15 is 0 Å². The topological polar surface area (TPSA) is 66.3 Å². The Bertz CT molecular complexity index is 3450. The minimum atomic E-state index is 0.543. The van der Waals surface area contributed by atoms with Crippen LogP contribution in [0.3, 0.4) is 0 Å². The second-order valence-electron chi connectivity index (χ2n) is 14.3. The van der Waals surface area contributed by atoms with Crippen molar-refractivity contribution in [3.8, 4) is 40.2 Å². The van der Waals surface area contributed by atoms with Crippen LogP contribution in [0.15, 0.2) is 188 Å². The van der Waals surface area contributed by atoms with Crippen molar-refractivity contribution in [3.63, 3.8) is 0 Å². The standard InChI is InChI=1S/C50H31N7/c1-2-14-32(15-3-1)48-52-49(33-25-27-34(28-26-33)55-41-20-8-4-16-35(41)36-17-5-9-21-42(36)55)54-50(53-48)57-44-23-11-7-19-38(44)40-30-29-39-37-18-6-10-22-43(37)56(46(39)47(40)57)45-24-12-13-31-51-45/h1-31H. The molecule has 12 aromatic rings. The number of rotatable bonds is 5. The number of benzene rings is 7. The fourth-order valence-electron chi connectivity index (χ4n) is 8.70. The second kappa shape index (κ2) is 12.3. The van der Waals surface area contributed by atoms with E-state index < -0.39 is 0 Å². The molecule has 5 aromatic heterocycles. The summed E-state index contributed by atoms with van der Waals surface area (Å²) in [5, 5.41) is 6.97. The predicted octanol–water partition coefficient (Wildman–Crippen LogP) is 11.9. The molecule has 5 heterocycles. The number of hydrogen-bond donors (Lipinski definition) is 0. The van der Waals surface area contributed by atoms with Gasteiger partial charge in [-0.15, -0.1) is 0 Å². The summed E-state index contributed by atoms with van der Waals surface area (Å²) in [5.74, 6) is 2.58. The molecule has 0 aliphatic carbocycles. The Hall–Kier alpha value is -7.90. The number of fused-ring (bicyclic) bond motifs is 10. The summed E-state index contributed by atoms with van der Waals surface area (Å²) in [6.07, 6.45) is 1.85. The Morgan fingerprint density at radius 2 is 0.772 bits per heavy atom. The molecule has 7 nitrogen and oxygen atoms in total. The molecule has 0 amide bonds. The molecule has 0 N–H and O–H groups in total. The molecule has 0 radical (unpaired) electrons. The van der Waals surface area contributed by atoms with Crippen LogP contribution >= 0.6 is 0 Å². The lowest BCUT2D eigenvalue weighted by Gasteiger charge is -2.13. The van der Waals surface area contributed by atoms with Gasteiger partial charge >= 0.3 is 0 Å². The van der Waals surface area contributed by atoms with E-state index in [1.807, 2.05) is 36.5 Å². The lowest BCUT2D eigenvalue weighted by atomic mass is 10.1. The minimum Gasteiger partial charge on any atom is -0.309 e. The lowest BCUT2D eigenvalue weighted by molar-refractivity contribution is 0.952. The van der Waals surface area contributed by atoms with Gasteiger partial charge in [-0.1, -0.05) is 121 Å². The van der Waals surface area contributed by atoms with Crippen molar-refractivity contribution in [2.24, 2.45) is 0 Å². The molecule has 7 heteroatoms. The molecule has 0 unspecified atom stereocenters. The van der Waals surface area contributed by atoms with E-state index in [1.54, 1.807) is 0 Å². The first kappa shape index (κ1) is 31.5. The van der Waals surface area contributed by atoms with E-state index in [2.05, 4.69) is 165 Å². The molecule has 266 valence electrons. The molecule has 0 aliphatic rings. The van der Waals surface area contributed by atoms with Crippen molar-refractivity contribution >= 4 is 65.4 Å². The quantitative estimate of drug-likeness (QED) is 0.177. The summed E-state index contributed by atoms with van der Waals surface area (Å²) in [6, 6.07) is 63.5. The monoisotopic (exact) mass is 729 g/mol. The Balaban J connectivity index is 1.13. The van der Waals surface area contributed by atoms with Crippen LogP contribution in [0, 0.1) is 0 Å². The van der Waals surface area contributed by atoms with Crippen LogP contribution in [0.2, 0.25) is 0 Å². The molecule has 0 bridgehead atoms. The summed E-state index contributed by atoms with van der Waals surface area (Å²) in [7, 11) is 0. The number of aromatic nitrogens is 7. The highest BCUT2D eigenvalue weighted by Crippen LogP contribution is 2.41. The van der Waals surface area contributed by atoms with Crippen LogP contribution in [-0.2, 0) is 0 Å². The molecule has 0 saturated heterocycles. The first-order valence-electron chi connectivity index (χ1n) is 19.1. The van der Waals surface area contributed by atoms with Gasteiger partial charge in [0.05, 0.1) is 33.1 Å². The van der Waals surface area contributed by atoms with Crippen LogP contribution in [0.4, 0.5) is 0 Å². The molecule has 0 fully saturated rings. The van der Waals surface area contributed by atoms with E-state index in [0.29, 0.717) is 17.6 Å². The van der Waals surface area contributed by atoms with Crippen molar-refractivity contribution in [1.29, 1.82) is 0 Å². The van der Waals surface area contributed by atoms with Gasteiger partial charge in [0.1, 0.15) is 5.82 Å². The molecule has 0 saturated carbocycles. The third-order valence-electron chi connectivity index (χ3n) is 11.2. The predicted molar refractivity (Wildman–Crippen MR) is 232 cm³/mol. The summed E-state index contributed by atoms with van der Waals surface area (Å²) in [5.41, 5.74) is 9.36. The van der Waals surface area contributed by atoms with Gasteiger partial charge in [0.2, 0.25) is 5.95 Å². The van der Waals surface area contributed by atoms with Crippen molar-refractivity contribution in [2.75, 3.05) is 0 Å². The van der Waals surface area contributed by atoms with Crippen LogP contribution in [0.1, 0.15) is 0 Å². The van der Waals surface area contributed by atoms with Crippen molar-refractivity contribution in [2.45, 2.75) is 0 Å². The molecule has 57 heavy (non-hydrogen) atoms. The van der Waals surface area contributed by atoms with E-state index in [-0.39, 0.29) is 0 Å². The Labute approximate surface area is 326 Å². The normalized spacial score (nSPS) is 11.9. The molecule has 0 aliphatic heterocycles. The maximum atomic E-state index is 5.34. The van der Waals surface area contributed by atoms with Gasteiger partial charge in [-0.25, -0.2) is 9.97 Å². The van der Waals surface area contributed by atoms with E-state index in [4.69, 9.17) is 19.9 Å². The van der Waals surface area contributed by atoms with Gasteiger partial charge in [-0.05, 0) is 60.7 Å². The second-order valence-corrected chi connectivity index (χ2v) is 14.3. The highest BCUT2D eigenvalue weighted by Gasteiger charge is 2.24. The average Bonchev–Trinajstić information content (AvgIpc) is 3.93. The maximum Gasteiger partial charge on any atom is 0.238 e. The van der Waals surface area contributed by atoms with Crippen LogP contribution < -0.4 is 0 Å². The largest absolute Gasteiger partial charge is 0.309 e. The van der Waals surface area contributed by atoms with Gasteiger partial charge in [-0.3, -0.25) is 9.13 Å². The van der Waals surface area contributed by atoms with Crippen molar-refractivity contribution in [3.05, 3.63) is 188 Å². The zero-order valence-corrected chi connectivity index (χ0v) is 30.5. The fraction of sp³-hybridized carbons (Fsp3) is 0. The Morgan fingerprint density at radius 3 is 1.33 bits per heavy atom. The summed E-state index contributed by atoms with van der Waals surface area (Å²) in [4.78, 5) is 20.6. The highest BCUT2D eigenvalue weighted by atomic mass is 15.2. The van der Waals surface area contributed by atoms with Crippen molar-refractivity contribution < 1.29 is 0 Å². The van der Waals surface area contributed by atoms with Gasteiger partial charge < -0.3 is 4.57 Å². The average molecular weight is 730 g/mol. The molecular weight excluding hydrogens is 699 g/mol. The maximum absolute atomic E-state index is 5.34. The number of nitrogens with zero attached hydrogens (tertiary/aromatic N) is 7. The molecule has 7 aromatic carbocycles. The van der Waals surface area contributed by atoms with E-state index in [1.165, 1.54) is 21.8 Å². The molecule has 0 spiro atoms. The first-order valence-corrected chi connectivity index (χ1v) is 19.1. The summed E-state index contributed by atoms with van der Waals surface area (Å²) < 4.78 is 6.82. The zero-order valence-electron chi connectivity index (χ0n) is 30.5. The third-order valence-corrected chi connectivity index (χ3v) is 11.2. The molecular formula is C50H31N7. The van der Waals surface area contributed by atoms with Crippen molar-refractivity contribution in [1.82, 2.24) is 33.6 Å². The van der Waals surface area contributed by atoms with Gasteiger partial charge in [-0.2, -0.15) is 9.97 Å². The van der Waals surface area contributed by atoms with Crippen LogP contribution in [0.5, 0.6) is 0 Å².